The highest BCUT2D eigenvalue weighted by Crippen LogP contribution is 2.43. The second kappa shape index (κ2) is 40.2. The Morgan fingerprint density at radius 3 is 1.47 bits per heavy atom. The van der Waals surface area contributed by atoms with E-state index in [1.807, 2.05) is 0 Å². The van der Waals surface area contributed by atoms with Crippen LogP contribution in [0, 0.1) is 0 Å². The summed E-state index contributed by atoms with van der Waals surface area (Å²) in [5.41, 5.74) is 5.34. The molecule has 2 unspecified atom stereocenters. The lowest BCUT2D eigenvalue weighted by Crippen LogP contribution is -2.29. The van der Waals surface area contributed by atoms with Gasteiger partial charge in [0.2, 0.25) is 0 Å². The average Bonchev–Trinajstić information content (AvgIpc) is 3.14. The third-order valence-electron chi connectivity index (χ3n) is 9.34. The quantitative estimate of drug-likeness (QED) is 0.0269. The van der Waals surface area contributed by atoms with Crippen LogP contribution in [0.5, 0.6) is 0 Å². The zero-order valence-corrected chi connectivity index (χ0v) is 35.2. The van der Waals surface area contributed by atoms with Gasteiger partial charge in [0.15, 0.2) is 6.10 Å². The molecule has 0 spiro atoms. The van der Waals surface area contributed by atoms with E-state index in [4.69, 9.17) is 24.3 Å². The Labute approximate surface area is 325 Å². The van der Waals surface area contributed by atoms with Gasteiger partial charge in [-0.1, -0.05) is 173 Å². The molecule has 0 fully saturated rings. The fraction of sp³-hybridized carbons (Fsp3) is 0.860. The highest BCUT2D eigenvalue weighted by molar-refractivity contribution is 7.47. The van der Waals surface area contributed by atoms with Crippen LogP contribution in [0.2, 0.25) is 0 Å². The highest BCUT2D eigenvalue weighted by Gasteiger charge is 2.26. The van der Waals surface area contributed by atoms with Crippen molar-refractivity contribution in [3.05, 3.63) is 24.3 Å². The maximum absolute atomic E-state index is 12.6. The number of unbranched alkanes of at least 4 members (excludes halogenated alkanes) is 24. The van der Waals surface area contributed by atoms with E-state index in [1.165, 1.54) is 135 Å². The van der Waals surface area contributed by atoms with Crippen LogP contribution in [0.3, 0.4) is 0 Å². The molecule has 0 heterocycles. The second-order valence-electron chi connectivity index (χ2n) is 14.6. The molecule has 0 aromatic heterocycles. The zero-order chi connectivity index (χ0) is 38.9. The Hall–Kier alpha value is -1.51. The summed E-state index contributed by atoms with van der Waals surface area (Å²) >= 11 is 0. The van der Waals surface area contributed by atoms with Crippen LogP contribution in [-0.4, -0.2) is 49.3 Å². The molecule has 0 aliphatic rings. The summed E-state index contributed by atoms with van der Waals surface area (Å²) in [5.74, 6) is -0.826. The minimum Gasteiger partial charge on any atom is -0.462 e. The summed E-state index contributed by atoms with van der Waals surface area (Å²) in [7, 11) is -4.37. The van der Waals surface area contributed by atoms with Crippen molar-refractivity contribution in [1.29, 1.82) is 0 Å². The number of hydrogen-bond acceptors (Lipinski definition) is 8. The molecular formula is C43H82NO8P. The minimum atomic E-state index is -4.37. The van der Waals surface area contributed by atoms with Crippen LogP contribution >= 0.6 is 7.82 Å². The van der Waals surface area contributed by atoms with Gasteiger partial charge in [-0.05, 0) is 44.9 Å². The molecule has 0 aliphatic heterocycles. The lowest BCUT2D eigenvalue weighted by Gasteiger charge is -2.19. The van der Waals surface area contributed by atoms with E-state index in [2.05, 4.69) is 38.2 Å². The Morgan fingerprint density at radius 1 is 0.566 bits per heavy atom. The number of rotatable bonds is 41. The van der Waals surface area contributed by atoms with Gasteiger partial charge in [-0.3, -0.25) is 18.6 Å². The topological polar surface area (TPSA) is 134 Å². The molecule has 0 aromatic rings. The number of allylic oxidation sites excluding steroid dienone is 4. The van der Waals surface area contributed by atoms with Gasteiger partial charge in [0.05, 0.1) is 13.2 Å². The zero-order valence-electron chi connectivity index (χ0n) is 34.3. The predicted octanol–water partition coefficient (Wildman–Crippen LogP) is 12.4. The molecule has 0 saturated carbocycles. The molecule has 0 aliphatic carbocycles. The monoisotopic (exact) mass is 772 g/mol. The maximum atomic E-state index is 12.6. The number of nitrogens with two attached hydrogens (primary N) is 1. The van der Waals surface area contributed by atoms with Crippen LogP contribution in [0.4, 0.5) is 0 Å². The molecule has 3 N–H and O–H groups in total. The van der Waals surface area contributed by atoms with Gasteiger partial charge in [0.1, 0.15) is 6.61 Å². The van der Waals surface area contributed by atoms with E-state index < -0.39 is 26.5 Å². The first-order valence-corrected chi connectivity index (χ1v) is 23.3. The van der Waals surface area contributed by atoms with Crippen molar-refractivity contribution < 1.29 is 37.6 Å². The van der Waals surface area contributed by atoms with Crippen LogP contribution in [-0.2, 0) is 32.7 Å². The first-order valence-electron chi connectivity index (χ1n) is 21.8. The van der Waals surface area contributed by atoms with Crippen LogP contribution in [0.1, 0.15) is 206 Å². The van der Waals surface area contributed by atoms with Gasteiger partial charge < -0.3 is 20.1 Å². The van der Waals surface area contributed by atoms with Gasteiger partial charge in [0, 0.05) is 19.4 Å². The first-order chi connectivity index (χ1) is 25.8. The molecule has 10 heteroatoms. The van der Waals surface area contributed by atoms with Crippen molar-refractivity contribution in [2.75, 3.05) is 26.4 Å². The lowest BCUT2D eigenvalue weighted by atomic mass is 10.0. The van der Waals surface area contributed by atoms with Crippen molar-refractivity contribution in [2.24, 2.45) is 5.73 Å². The van der Waals surface area contributed by atoms with Gasteiger partial charge in [-0.25, -0.2) is 4.57 Å². The second-order valence-corrected chi connectivity index (χ2v) is 16.0. The molecule has 0 amide bonds. The number of phosphoric ester groups is 1. The number of carbonyl (C=O) groups excluding carboxylic acids is 2. The van der Waals surface area contributed by atoms with Gasteiger partial charge in [0.25, 0.3) is 0 Å². The molecule has 312 valence electrons. The molecule has 0 radical (unpaired) electrons. The fourth-order valence-electron chi connectivity index (χ4n) is 6.08. The lowest BCUT2D eigenvalue weighted by molar-refractivity contribution is -0.161. The summed E-state index contributed by atoms with van der Waals surface area (Å²) in [6.45, 7) is 3.72. The first kappa shape index (κ1) is 51.5. The Morgan fingerprint density at radius 2 is 0.981 bits per heavy atom. The van der Waals surface area contributed by atoms with E-state index in [0.717, 1.165) is 38.5 Å². The minimum absolute atomic E-state index is 0.0546. The van der Waals surface area contributed by atoms with Crippen molar-refractivity contribution in [3.63, 3.8) is 0 Å². The predicted molar refractivity (Wildman–Crippen MR) is 220 cm³/mol. The summed E-state index contributed by atoms with van der Waals surface area (Å²) in [5, 5.41) is 0. The largest absolute Gasteiger partial charge is 0.472 e. The molecular weight excluding hydrogens is 689 g/mol. The van der Waals surface area contributed by atoms with Crippen LogP contribution in [0.15, 0.2) is 24.3 Å². The van der Waals surface area contributed by atoms with E-state index in [9.17, 15) is 19.0 Å². The molecule has 2 atom stereocenters. The van der Waals surface area contributed by atoms with E-state index >= 15 is 0 Å². The SMILES string of the molecule is CCCCCC=CCC=CCCCCCCCCCCCC(=O)OCC(COP(=O)(O)OCCN)OC(=O)CCCCCCCCCCCCCCC. The van der Waals surface area contributed by atoms with E-state index in [0.29, 0.717) is 6.42 Å². The fourth-order valence-corrected chi connectivity index (χ4v) is 6.84. The highest BCUT2D eigenvalue weighted by atomic mass is 31.2. The summed E-state index contributed by atoms with van der Waals surface area (Å²) in [4.78, 5) is 34.8. The van der Waals surface area contributed by atoms with Crippen molar-refractivity contribution in [3.8, 4) is 0 Å². The number of carbonyl (C=O) groups is 2. The third-order valence-corrected chi connectivity index (χ3v) is 10.3. The van der Waals surface area contributed by atoms with E-state index in [-0.39, 0.29) is 38.6 Å². The molecule has 0 rings (SSSR count). The molecule has 0 bridgehead atoms. The number of hydrogen-bond donors (Lipinski definition) is 2. The number of ether oxygens (including phenoxy) is 2. The normalized spacial score (nSPS) is 13.5. The standard InChI is InChI=1S/C43H82NO8P/c1-3-5-7-9-11-13-15-17-18-19-20-21-22-24-25-27-29-31-33-35-42(45)49-39-41(40-51-53(47,48)50-38-37-44)52-43(46)36-34-32-30-28-26-23-16-14-12-10-8-6-4-2/h11,13,17-18,41H,3-10,12,14-16,19-40,44H2,1-2H3,(H,47,48). The summed E-state index contributed by atoms with van der Waals surface area (Å²) < 4.78 is 32.8. The maximum Gasteiger partial charge on any atom is 0.472 e. The Balaban J connectivity index is 4.11. The van der Waals surface area contributed by atoms with Crippen molar-refractivity contribution in [2.45, 2.75) is 213 Å². The Bertz CT molecular complexity index is 928. The van der Waals surface area contributed by atoms with Crippen LogP contribution < -0.4 is 5.73 Å². The number of esters is 2. The molecule has 0 aromatic carbocycles. The molecule has 9 nitrogen and oxygen atoms in total. The van der Waals surface area contributed by atoms with Gasteiger partial charge >= 0.3 is 19.8 Å². The molecule has 0 saturated heterocycles. The average molecular weight is 772 g/mol. The summed E-state index contributed by atoms with van der Waals surface area (Å²) in [6, 6.07) is 0. The van der Waals surface area contributed by atoms with Gasteiger partial charge in [-0.2, -0.15) is 0 Å². The summed E-state index contributed by atoms with van der Waals surface area (Å²) in [6.07, 6.45) is 42.0. The molecule has 53 heavy (non-hydrogen) atoms. The van der Waals surface area contributed by atoms with Crippen molar-refractivity contribution >= 4 is 19.8 Å². The number of phosphoric acid groups is 1. The van der Waals surface area contributed by atoms with Crippen LogP contribution in [0.25, 0.3) is 0 Å². The Kier molecular flexibility index (Phi) is 39.0. The third kappa shape index (κ3) is 40.0. The van der Waals surface area contributed by atoms with E-state index in [1.54, 1.807) is 0 Å². The smallest absolute Gasteiger partial charge is 0.462 e. The van der Waals surface area contributed by atoms with Crippen molar-refractivity contribution in [1.82, 2.24) is 0 Å². The van der Waals surface area contributed by atoms with Gasteiger partial charge in [-0.15, -0.1) is 0 Å².